The molecule has 170 valence electrons. The van der Waals surface area contributed by atoms with Gasteiger partial charge in [0.2, 0.25) is 0 Å². The smallest absolute Gasteiger partial charge is 0.197 e. The number of aromatic nitrogens is 5. The fraction of sp³-hybridized carbons (Fsp3) is 0.375. The average Bonchev–Trinajstić information content (AvgIpc) is 3.49. The van der Waals surface area contributed by atoms with E-state index in [-0.39, 0.29) is 24.8 Å². The molecule has 0 N–H and O–H groups in total. The molecule has 9 heteroatoms. The number of hydrogen-bond acceptors (Lipinski definition) is 7. The SMILES string of the molecule is Cn1cc(-c2ccc3cnc(CC(=O)c4coc(C5CCN(CCF)CC5)n4)nc3c2)cn1. The molecule has 4 aromatic rings. The van der Waals surface area contributed by atoms with Crippen LogP contribution < -0.4 is 0 Å². The highest BCUT2D eigenvalue weighted by atomic mass is 19.1. The summed E-state index contributed by atoms with van der Waals surface area (Å²) in [6.45, 7) is 1.76. The number of piperidine rings is 1. The van der Waals surface area contributed by atoms with E-state index in [9.17, 15) is 9.18 Å². The van der Waals surface area contributed by atoms with Crippen molar-refractivity contribution in [2.45, 2.75) is 25.2 Å². The van der Waals surface area contributed by atoms with Crippen LogP contribution in [0.4, 0.5) is 4.39 Å². The Hall–Kier alpha value is -3.46. The summed E-state index contributed by atoms with van der Waals surface area (Å²) in [6.07, 6.45) is 8.65. The lowest BCUT2D eigenvalue weighted by Crippen LogP contribution is -2.34. The minimum absolute atomic E-state index is 0.0496. The van der Waals surface area contributed by atoms with Crippen molar-refractivity contribution >= 4 is 16.7 Å². The van der Waals surface area contributed by atoms with Gasteiger partial charge in [0, 0.05) is 42.9 Å². The van der Waals surface area contributed by atoms with Gasteiger partial charge in [-0.25, -0.2) is 19.3 Å². The van der Waals surface area contributed by atoms with Crippen molar-refractivity contribution in [3.63, 3.8) is 0 Å². The topological polar surface area (TPSA) is 89.9 Å². The summed E-state index contributed by atoms with van der Waals surface area (Å²) in [6, 6.07) is 5.95. The Morgan fingerprint density at radius 3 is 2.79 bits per heavy atom. The van der Waals surface area contributed by atoms with Crippen molar-refractivity contribution in [3.8, 4) is 11.1 Å². The molecular weight excluding hydrogens is 423 g/mol. The average molecular weight is 449 g/mol. The van der Waals surface area contributed by atoms with Gasteiger partial charge in [0.1, 0.15) is 24.5 Å². The maximum Gasteiger partial charge on any atom is 0.197 e. The van der Waals surface area contributed by atoms with E-state index in [2.05, 4.69) is 25.0 Å². The first-order valence-electron chi connectivity index (χ1n) is 11.1. The molecule has 8 nitrogen and oxygen atoms in total. The summed E-state index contributed by atoms with van der Waals surface area (Å²) in [5, 5.41) is 5.12. The lowest BCUT2D eigenvalue weighted by molar-refractivity contribution is 0.0986. The molecule has 1 aliphatic heterocycles. The number of aryl methyl sites for hydroxylation is 1. The van der Waals surface area contributed by atoms with Gasteiger partial charge in [0.15, 0.2) is 11.7 Å². The van der Waals surface area contributed by atoms with E-state index in [1.807, 2.05) is 31.4 Å². The van der Waals surface area contributed by atoms with Gasteiger partial charge in [0.05, 0.1) is 18.1 Å². The second kappa shape index (κ2) is 9.19. The lowest BCUT2D eigenvalue weighted by atomic mass is 9.97. The highest BCUT2D eigenvalue weighted by Crippen LogP contribution is 2.28. The highest BCUT2D eigenvalue weighted by molar-refractivity contribution is 5.95. The van der Waals surface area contributed by atoms with Crippen molar-refractivity contribution in [3.05, 3.63) is 60.5 Å². The first kappa shape index (κ1) is 21.4. The van der Waals surface area contributed by atoms with Gasteiger partial charge >= 0.3 is 0 Å². The van der Waals surface area contributed by atoms with Crippen LogP contribution >= 0.6 is 0 Å². The van der Waals surface area contributed by atoms with E-state index in [1.165, 1.54) is 6.26 Å². The second-order valence-corrected chi connectivity index (χ2v) is 8.44. The molecule has 0 spiro atoms. The van der Waals surface area contributed by atoms with Gasteiger partial charge < -0.3 is 9.32 Å². The van der Waals surface area contributed by atoms with Gasteiger partial charge in [-0.05, 0) is 37.6 Å². The van der Waals surface area contributed by atoms with Gasteiger partial charge in [-0.15, -0.1) is 0 Å². The van der Waals surface area contributed by atoms with Crippen LogP contribution in [0.5, 0.6) is 0 Å². The van der Waals surface area contributed by atoms with E-state index in [0.29, 0.717) is 24.0 Å². The molecule has 0 radical (unpaired) electrons. The summed E-state index contributed by atoms with van der Waals surface area (Å²) in [7, 11) is 1.88. The number of benzene rings is 1. The standard InChI is InChI=1S/C24H25FN6O2/c1-30-14-19(13-27-30)17-2-3-18-12-26-23(28-20(18)10-17)11-22(32)21-15-33-24(29-21)16-4-7-31(8-5-16)9-6-25/h2-3,10,12-16H,4-9,11H2,1H3. The van der Waals surface area contributed by atoms with Crippen LogP contribution in [0.3, 0.4) is 0 Å². The van der Waals surface area contributed by atoms with Gasteiger partial charge in [0.25, 0.3) is 0 Å². The molecular formula is C24H25FN6O2. The normalized spacial score (nSPS) is 15.3. The number of rotatable bonds is 7. The van der Waals surface area contributed by atoms with E-state index >= 15 is 0 Å². The number of hydrogen-bond donors (Lipinski definition) is 0. The molecule has 1 aromatic carbocycles. The molecule has 4 heterocycles. The Kier molecular flexibility index (Phi) is 5.95. The van der Waals surface area contributed by atoms with Gasteiger partial charge in [-0.1, -0.05) is 12.1 Å². The third-order valence-corrected chi connectivity index (χ3v) is 6.13. The highest BCUT2D eigenvalue weighted by Gasteiger charge is 2.25. The van der Waals surface area contributed by atoms with E-state index < -0.39 is 0 Å². The number of carbonyl (C=O) groups excluding carboxylic acids is 1. The number of Topliss-reactive ketones (excluding diaryl/α,β-unsaturated/α-hetero) is 1. The van der Waals surface area contributed by atoms with Crippen molar-refractivity contribution in [2.75, 3.05) is 26.3 Å². The second-order valence-electron chi connectivity index (χ2n) is 8.44. The van der Waals surface area contributed by atoms with Crippen LogP contribution in [-0.4, -0.2) is 61.7 Å². The van der Waals surface area contributed by atoms with Crippen molar-refractivity contribution < 1.29 is 13.6 Å². The lowest BCUT2D eigenvalue weighted by Gasteiger charge is -2.29. The molecule has 0 amide bonds. The number of carbonyl (C=O) groups is 1. The number of oxazole rings is 1. The molecule has 1 fully saturated rings. The zero-order valence-corrected chi connectivity index (χ0v) is 18.4. The number of nitrogens with zero attached hydrogens (tertiary/aromatic N) is 6. The van der Waals surface area contributed by atoms with Crippen molar-refractivity contribution in [1.29, 1.82) is 0 Å². The Bertz CT molecular complexity index is 1270. The molecule has 0 aliphatic carbocycles. The maximum absolute atomic E-state index is 12.8. The molecule has 0 atom stereocenters. The minimum atomic E-state index is -0.329. The summed E-state index contributed by atoms with van der Waals surface area (Å²) in [4.78, 5) is 28.3. The summed E-state index contributed by atoms with van der Waals surface area (Å²) >= 11 is 0. The van der Waals surface area contributed by atoms with E-state index in [0.717, 1.165) is 48.0 Å². The van der Waals surface area contributed by atoms with Crippen LogP contribution in [-0.2, 0) is 13.5 Å². The molecule has 1 aliphatic rings. The molecule has 1 saturated heterocycles. The number of likely N-dealkylation sites (tertiary alicyclic amines) is 1. The van der Waals surface area contributed by atoms with E-state index in [4.69, 9.17) is 4.42 Å². The zero-order chi connectivity index (χ0) is 22.8. The van der Waals surface area contributed by atoms with Gasteiger partial charge in [-0.2, -0.15) is 5.10 Å². The number of alkyl halides is 1. The summed E-state index contributed by atoms with van der Waals surface area (Å²) in [5.74, 6) is 1.01. The van der Waals surface area contributed by atoms with Crippen molar-refractivity contribution in [1.82, 2.24) is 29.6 Å². The molecule has 3 aromatic heterocycles. The summed E-state index contributed by atoms with van der Waals surface area (Å²) in [5.41, 5.74) is 3.07. The third kappa shape index (κ3) is 4.68. The number of halogens is 1. The molecule has 5 rings (SSSR count). The molecule has 0 saturated carbocycles. The Morgan fingerprint density at radius 2 is 2.03 bits per heavy atom. The Morgan fingerprint density at radius 1 is 1.18 bits per heavy atom. The molecule has 0 bridgehead atoms. The fourth-order valence-corrected chi connectivity index (χ4v) is 4.26. The van der Waals surface area contributed by atoms with Gasteiger partial charge in [-0.3, -0.25) is 9.48 Å². The molecule has 0 unspecified atom stereocenters. The first-order chi connectivity index (χ1) is 16.1. The predicted octanol–water partition coefficient (Wildman–Crippen LogP) is 3.59. The molecule has 33 heavy (non-hydrogen) atoms. The monoisotopic (exact) mass is 448 g/mol. The maximum atomic E-state index is 12.8. The quantitative estimate of drug-likeness (QED) is 0.399. The van der Waals surface area contributed by atoms with Crippen LogP contribution in [0.25, 0.3) is 22.0 Å². The Labute approximate surface area is 190 Å². The van der Waals surface area contributed by atoms with Crippen LogP contribution in [0.2, 0.25) is 0 Å². The Balaban J connectivity index is 1.28. The van der Waals surface area contributed by atoms with Crippen LogP contribution in [0.1, 0.15) is 41.0 Å². The minimum Gasteiger partial charge on any atom is -0.448 e. The third-order valence-electron chi connectivity index (χ3n) is 6.13. The van der Waals surface area contributed by atoms with Crippen LogP contribution in [0.15, 0.2) is 47.5 Å². The van der Waals surface area contributed by atoms with Crippen molar-refractivity contribution in [2.24, 2.45) is 7.05 Å². The fourth-order valence-electron chi connectivity index (χ4n) is 4.26. The number of fused-ring (bicyclic) bond motifs is 1. The zero-order valence-electron chi connectivity index (χ0n) is 18.4. The first-order valence-corrected chi connectivity index (χ1v) is 11.1. The largest absolute Gasteiger partial charge is 0.448 e. The predicted molar refractivity (Wildman–Crippen MR) is 121 cm³/mol. The van der Waals surface area contributed by atoms with Crippen LogP contribution in [0, 0.1) is 0 Å². The van der Waals surface area contributed by atoms with E-state index in [1.54, 1.807) is 17.1 Å². The number of ketones is 1. The summed E-state index contributed by atoms with van der Waals surface area (Å²) < 4.78 is 19.9.